The van der Waals surface area contributed by atoms with E-state index in [1.54, 1.807) is 0 Å². The van der Waals surface area contributed by atoms with E-state index in [1.165, 1.54) is 32.1 Å². The second-order valence-electron chi connectivity index (χ2n) is 4.99. The van der Waals surface area contributed by atoms with Crippen LogP contribution in [-0.2, 0) is 0 Å². The highest BCUT2D eigenvalue weighted by Crippen LogP contribution is 2.34. The molecule has 1 saturated carbocycles. The molecule has 0 radical (unpaired) electrons. The Kier molecular flexibility index (Phi) is 4.24. The zero-order valence-electron chi connectivity index (χ0n) is 9.42. The van der Waals surface area contributed by atoms with Gasteiger partial charge in [0.15, 0.2) is 0 Å². The van der Waals surface area contributed by atoms with Gasteiger partial charge in [-0.1, -0.05) is 40.0 Å². The minimum atomic E-state index is 0.465. The molecule has 0 aromatic rings. The minimum absolute atomic E-state index is 0.465. The molecule has 0 bridgehead atoms. The second kappa shape index (κ2) is 4.99. The van der Waals surface area contributed by atoms with Crippen molar-refractivity contribution in [2.45, 2.75) is 58.9 Å². The molecule has 0 aromatic heterocycles. The summed E-state index contributed by atoms with van der Waals surface area (Å²) < 4.78 is 0. The summed E-state index contributed by atoms with van der Waals surface area (Å²) in [5, 5.41) is 0. The number of rotatable bonds is 4. The molecule has 1 fully saturated rings. The van der Waals surface area contributed by atoms with Gasteiger partial charge < -0.3 is 5.73 Å². The van der Waals surface area contributed by atoms with E-state index in [9.17, 15) is 0 Å². The van der Waals surface area contributed by atoms with E-state index in [1.807, 2.05) is 0 Å². The van der Waals surface area contributed by atoms with Crippen molar-refractivity contribution in [2.75, 3.05) is 0 Å². The van der Waals surface area contributed by atoms with Crippen LogP contribution in [0.15, 0.2) is 0 Å². The van der Waals surface area contributed by atoms with Crippen molar-refractivity contribution < 1.29 is 0 Å². The van der Waals surface area contributed by atoms with Gasteiger partial charge in [-0.15, -0.1) is 0 Å². The molecule has 1 nitrogen and oxygen atoms in total. The van der Waals surface area contributed by atoms with Crippen LogP contribution < -0.4 is 5.73 Å². The molecule has 4 unspecified atom stereocenters. The van der Waals surface area contributed by atoms with Crippen molar-refractivity contribution in [2.24, 2.45) is 23.5 Å². The van der Waals surface area contributed by atoms with Gasteiger partial charge in [-0.2, -0.15) is 0 Å². The minimum Gasteiger partial charge on any atom is -0.327 e. The largest absolute Gasteiger partial charge is 0.327 e. The topological polar surface area (TPSA) is 26.0 Å². The zero-order valence-corrected chi connectivity index (χ0v) is 9.42. The molecule has 1 aliphatic rings. The normalized spacial score (nSPS) is 33.2. The van der Waals surface area contributed by atoms with Crippen LogP contribution in [0.5, 0.6) is 0 Å². The molecule has 0 aliphatic heterocycles. The summed E-state index contributed by atoms with van der Waals surface area (Å²) in [6, 6.07) is 0.465. The van der Waals surface area contributed by atoms with E-state index < -0.39 is 0 Å². The van der Waals surface area contributed by atoms with E-state index in [2.05, 4.69) is 20.8 Å². The Morgan fingerprint density at radius 2 is 2.08 bits per heavy atom. The fraction of sp³-hybridized carbons (Fsp3) is 1.00. The van der Waals surface area contributed by atoms with Gasteiger partial charge in [0.2, 0.25) is 0 Å². The summed E-state index contributed by atoms with van der Waals surface area (Å²) in [6.45, 7) is 6.95. The summed E-state index contributed by atoms with van der Waals surface area (Å²) in [5.41, 5.74) is 6.25. The van der Waals surface area contributed by atoms with Crippen LogP contribution in [0, 0.1) is 17.8 Å². The fourth-order valence-corrected chi connectivity index (χ4v) is 2.62. The van der Waals surface area contributed by atoms with Crippen molar-refractivity contribution in [1.82, 2.24) is 0 Å². The van der Waals surface area contributed by atoms with Crippen molar-refractivity contribution in [1.29, 1.82) is 0 Å². The molecule has 1 rings (SSSR count). The molecule has 0 aromatic carbocycles. The molecule has 4 atom stereocenters. The summed E-state index contributed by atoms with van der Waals surface area (Å²) in [6.07, 6.45) is 6.68. The third-order valence-electron chi connectivity index (χ3n) is 3.85. The third-order valence-corrected chi connectivity index (χ3v) is 3.85. The molecule has 1 aliphatic carbocycles. The van der Waals surface area contributed by atoms with Gasteiger partial charge in [0.1, 0.15) is 0 Å². The molecular formula is C12H25N. The van der Waals surface area contributed by atoms with Crippen molar-refractivity contribution >= 4 is 0 Å². The standard InChI is InChI=1S/C12H25N/c1-4-9(2)8-12(13)11-7-5-6-10(11)3/h9-12H,4-8,13H2,1-3H3. The number of hydrogen-bond acceptors (Lipinski definition) is 1. The Morgan fingerprint density at radius 3 is 2.54 bits per heavy atom. The molecule has 0 saturated heterocycles. The molecule has 2 N–H and O–H groups in total. The predicted octanol–water partition coefficient (Wildman–Crippen LogP) is 3.19. The van der Waals surface area contributed by atoms with Crippen molar-refractivity contribution in [3.8, 4) is 0 Å². The van der Waals surface area contributed by atoms with Crippen LogP contribution in [0.2, 0.25) is 0 Å². The Balaban J connectivity index is 2.33. The Bertz CT molecular complexity index is 144. The van der Waals surface area contributed by atoms with E-state index in [-0.39, 0.29) is 0 Å². The first-order valence-corrected chi connectivity index (χ1v) is 5.90. The lowest BCUT2D eigenvalue weighted by molar-refractivity contribution is 0.298. The lowest BCUT2D eigenvalue weighted by Gasteiger charge is -2.25. The van der Waals surface area contributed by atoms with Gasteiger partial charge in [-0.3, -0.25) is 0 Å². The Labute approximate surface area is 83.1 Å². The monoisotopic (exact) mass is 183 g/mol. The first kappa shape index (κ1) is 11.0. The smallest absolute Gasteiger partial charge is 0.00722 e. The summed E-state index contributed by atoms with van der Waals surface area (Å²) in [5.74, 6) is 2.50. The number of hydrogen-bond donors (Lipinski definition) is 1. The quantitative estimate of drug-likeness (QED) is 0.711. The van der Waals surface area contributed by atoms with Crippen molar-refractivity contribution in [3.63, 3.8) is 0 Å². The van der Waals surface area contributed by atoms with E-state index in [0.29, 0.717) is 6.04 Å². The third kappa shape index (κ3) is 2.98. The maximum Gasteiger partial charge on any atom is 0.00722 e. The summed E-state index contributed by atoms with van der Waals surface area (Å²) >= 11 is 0. The average Bonchev–Trinajstić information content (AvgIpc) is 2.51. The molecule has 78 valence electrons. The Morgan fingerprint density at radius 1 is 1.38 bits per heavy atom. The van der Waals surface area contributed by atoms with Crippen molar-refractivity contribution in [3.05, 3.63) is 0 Å². The molecular weight excluding hydrogens is 158 g/mol. The van der Waals surface area contributed by atoms with Gasteiger partial charge in [0.25, 0.3) is 0 Å². The van der Waals surface area contributed by atoms with Gasteiger partial charge in [-0.05, 0) is 30.6 Å². The summed E-state index contributed by atoms with van der Waals surface area (Å²) in [7, 11) is 0. The highest BCUT2D eigenvalue weighted by Gasteiger charge is 2.28. The van der Waals surface area contributed by atoms with Crippen LogP contribution in [0.3, 0.4) is 0 Å². The van der Waals surface area contributed by atoms with Crippen LogP contribution in [-0.4, -0.2) is 6.04 Å². The molecule has 1 heteroatoms. The van der Waals surface area contributed by atoms with Crippen LogP contribution in [0.4, 0.5) is 0 Å². The highest BCUT2D eigenvalue weighted by molar-refractivity contribution is 4.83. The first-order valence-electron chi connectivity index (χ1n) is 5.90. The maximum atomic E-state index is 6.25. The highest BCUT2D eigenvalue weighted by atomic mass is 14.7. The SMILES string of the molecule is CCC(C)CC(N)C1CCCC1C. The van der Waals surface area contributed by atoms with Gasteiger partial charge in [0.05, 0.1) is 0 Å². The zero-order chi connectivity index (χ0) is 9.84. The number of nitrogens with two attached hydrogens (primary N) is 1. The van der Waals surface area contributed by atoms with Crippen LogP contribution in [0.1, 0.15) is 52.9 Å². The molecule has 0 amide bonds. The van der Waals surface area contributed by atoms with Crippen LogP contribution in [0.25, 0.3) is 0 Å². The van der Waals surface area contributed by atoms with E-state index in [0.717, 1.165) is 17.8 Å². The van der Waals surface area contributed by atoms with Crippen LogP contribution >= 0.6 is 0 Å². The lowest BCUT2D eigenvalue weighted by Crippen LogP contribution is -2.33. The summed E-state index contributed by atoms with van der Waals surface area (Å²) in [4.78, 5) is 0. The fourth-order valence-electron chi connectivity index (χ4n) is 2.62. The predicted molar refractivity (Wildman–Crippen MR) is 58.6 cm³/mol. The van der Waals surface area contributed by atoms with E-state index in [4.69, 9.17) is 5.73 Å². The first-order chi connectivity index (χ1) is 6.15. The van der Waals surface area contributed by atoms with Gasteiger partial charge in [-0.25, -0.2) is 0 Å². The second-order valence-corrected chi connectivity index (χ2v) is 4.99. The average molecular weight is 183 g/mol. The Hall–Kier alpha value is -0.0400. The van der Waals surface area contributed by atoms with Gasteiger partial charge in [0, 0.05) is 6.04 Å². The lowest BCUT2D eigenvalue weighted by atomic mass is 9.85. The van der Waals surface area contributed by atoms with E-state index >= 15 is 0 Å². The molecule has 13 heavy (non-hydrogen) atoms. The molecule has 0 spiro atoms. The maximum absolute atomic E-state index is 6.25. The van der Waals surface area contributed by atoms with Gasteiger partial charge >= 0.3 is 0 Å². The molecule has 0 heterocycles.